The van der Waals surface area contributed by atoms with E-state index >= 15 is 0 Å². The van der Waals surface area contributed by atoms with E-state index < -0.39 is 5.92 Å². The summed E-state index contributed by atoms with van der Waals surface area (Å²) in [7, 11) is 4.15. The number of nitrogens with zero attached hydrogens (tertiary/aromatic N) is 3. The number of carbonyl (C=O) groups is 1. The fraction of sp³-hybridized carbons (Fsp3) is 0.857. The van der Waals surface area contributed by atoms with Crippen molar-refractivity contribution in [3.63, 3.8) is 0 Å². The van der Waals surface area contributed by atoms with E-state index in [0.717, 1.165) is 32.5 Å². The second-order valence-electron chi connectivity index (χ2n) is 6.28. The van der Waals surface area contributed by atoms with Crippen molar-refractivity contribution in [3.05, 3.63) is 0 Å². The predicted molar refractivity (Wildman–Crippen MR) is 79.6 cm³/mol. The standard InChI is InChI=1S/C14H28N4O2/c1-10(2)12(13(15)16-20)14(19)18-7-5-11(6-8-18)9-17(3)4/h10-12,20H,5-9H2,1-4H3,(H2,15,16). The highest BCUT2D eigenvalue weighted by Crippen LogP contribution is 2.22. The Kier molecular flexibility index (Phi) is 6.26. The minimum Gasteiger partial charge on any atom is -0.409 e. The average Bonchev–Trinajstić information content (AvgIpc) is 2.38. The molecular weight excluding hydrogens is 256 g/mol. The third kappa shape index (κ3) is 4.37. The quantitative estimate of drug-likeness (QED) is 0.339. The van der Waals surface area contributed by atoms with Crippen molar-refractivity contribution in [2.24, 2.45) is 28.6 Å². The number of amidine groups is 1. The molecule has 1 amide bonds. The van der Waals surface area contributed by atoms with Crippen molar-refractivity contribution >= 4 is 11.7 Å². The van der Waals surface area contributed by atoms with Gasteiger partial charge < -0.3 is 20.7 Å². The Labute approximate surface area is 121 Å². The number of oxime groups is 1. The zero-order valence-electron chi connectivity index (χ0n) is 13.0. The minimum atomic E-state index is -0.523. The van der Waals surface area contributed by atoms with E-state index in [1.165, 1.54) is 0 Å². The van der Waals surface area contributed by atoms with Crippen LogP contribution in [0.3, 0.4) is 0 Å². The molecule has 1 fully saturated rings. The molecule has 0 aliphatic carbocycles. The first-order valence-electron chi connectivity index (χ1n) is 7.27. The highest BCUT2D eigenvalue weighted by Gasteiger charge is 2.32. The molecule has 1 aliphatic rings. The molecule has 0 saturated carbocycles. The van der Waals surface area contributed by atoms with Gasteiger partial charge in [-0.3, -0.25) is 4.79 Å². The molecule has 1 atom stereocenters. The number of rotatable bonds is 5. The first-order chi connectivity index (χ1) is 9.36. The Morgan fingerprint density at radius 2 is 1.95 bits per heavy atom. The molecular formula is C14H28N4O2. The molecule has 1 aliphatic heterocycles. The van der Waals surface area contributed by atoms with Gasteiger partial charge in [-0.15, -0.1) is 0 Å². The Bertz CT molecular complexity index is 347. The maximum Gasteiger partial charge on any atom is 0.233 e. The molecule has 1 saturated heterocycles. The first kappa shape index (κ1) is 16.8. The van der Waals surface area contributed by atoms with Crippen LogP contribution in [0, 0.1) is 17.8 Å². The highest BCUT2D eigenvalue weighted by molar-refractivity contribution is 6.02. The van der Waals surface area contributed by atoms with Gasteiger partial charge in [0.15, 0.2) is 5.84 Å². The van der Waals surface area contributed by atoms with Gasteiger partial charge in [0.05, 0.1) is 0 Å². The number of hydrogen-bond acceptors (Lipinski definition) is 4. The summed E-state index contributed by atoms with van der Waals surface area (Å²) in [6.45, 7) is 6.42. The largest absolute Gasteiger partial charge is 0.409 e. The van der Waals surface area contributed by atoms with Crippen molar-refractivity contribution < 1.29 is 10.0 Å². The second kappa shape index (κ2) is 7.47. The van der Waals surface area contributed by atoms with Crippen LogP contribution >= 0.6 is 0 Å². The molecule has 1 heterocycles. The molecule has 3 N–H and O–H groups in total. The summed E-state index contributed by atoms with van der Waals surface area (Å²) in [5.74, 6) is 0.151. The minimum absolute atomic E-state index is 0.0143. The van der Waals surface area contributed by atoms with Crippen molar-refractivity contribution in [1.82, 2.24) is 9.80 Å². The van der Waals surface area contributed by atoms with E-state index in [9.17, 15) is 4.79 Å². The van der Waals surface area contributed by atoms with Crippen molar-refractivity contribution in [1.29, 1.82) is 0 Å². The summed E-state index contributed by atoms with van der Waals surface area (Å²) in [5.41, 5.74) is 5.66. The number of amides is 1. The monoisotopic (exact) mass is 284 g/mol. The SMILES string of the molecule is CC(C)C(C(=O)N1CCC(CN(C)C)CC1)C(N)=NO. The molecule has 1 unspecified atom stereocenters. The van der Waals surface area contributed by atoms with E-state index in [-0.39, 0.29) is 17.7 Å². The van der Waals surface area contributed by atoms with Crippen molar-refractivity contribution in [3.8, 4) is 0 Å². The zero-order chi connectivity index (χ0) is 15.3. The lowest BCUT2D eigenvalue weighted by Crippen LogP contribution is -2.48. The predicted octanol–water partition coefficient (Wildman–Crippen LogP) is 0.805. The van der Waals surface area contributed by atoms with Crippen molar-refractivity contribution in [2.45, 2.75) is 26.7 Å². The van der Waals surface area contributed by atoms with Gasteiger partial charge in [0.2, 0.25) is 5.91 Å². The summed E-state index contributed by atoms with van der Waals surface area (Å²) >= 11 is 0. The van der Waals surface area contributed by atoms with Crippen LogP contribution in [-0.4, -0.2) is 60.5 Å². The van der Waals surface area contributed by atoms with Gasteiger partial charge in [0, 0.05) is 19.6 Å². The lowest BCUT2D eigenvalue weighted by molar-refractivity contribution is -0.136. The lowest BCUT2D eigenvalue weighted by atomic mass is 9.90. The van der Waals surface area contributed by atoms with Crippen LogP contribution in [0.2, 0.25) is 0 Å². The van der Waals surface area contributed by atoms with E-state index in [4.69, 9.17) is 10.9 Å². The maximum absolute atomic E-state index is 12.5. The topological polar surface area (TPSA) is 82.2 Å². The van der Waals surface area contributed by atoms with E-state index in [2.05, 4.69) is 24.2 Å². The third-order valence-corrected chi connectivity index (χ3v) is 3.92. The number of carbonyl (C=O) groups excluding carboxylic acids is 1. The van der Waals surface area contributed by atoms with Crippen LogP contribution in [-0.2, 0) is 4.79 Å². The number of hydrogen-bond donors (Lipinski definition) is 2. The van der Waals surface area contributed by atoms with Crippen LogP contribution in [0.1, 0.15) is 26.7 Å². The summed E-state index contributed by atoms with van der Waals surface area (Å²) in [5, 5.41) is 11.8. The smallest absolute Gasteiger partial charge is 0.233 e. The molecule has 0 aromatic heterocycles. The summed E-state index contributed by atoms with van der Waals surface area (Å²) < 4.78 is 0. The van der Waals surface area contributed by atoms with Gasteiger partial charge in [-0.2, -0.15) is 0 Å². The number of nitrogens with two attached hydrogens (primary N) is 1. The van der Waals surface area contributed by atoms with Gasteiger partial charge in [0.25, 0.3) is 0 Å². The van der Waals surface area contributed by atoms with Gasteiger partial charge in [-0.1, -0.05) is 19.0 Å². The Morgan fingerprint density at radius 1 is 1.40 bits per heavy atom. The summed E-state index contributed by atoms with van der Waals surface area (Å²) in [6.07, 6.45) is 2.04. The van der Waals surface area contributed by atoms with Gasteiger partial charge >= 0.3 is 0 Å². The molecule has 20 heavy (non-hydrogen) atoms. The zero-order valence-corrected chi connectivity index (χ0v) is 13.0. The van der Waals surface area contributed by atoms with E-state index in [1.54, 1.807) is 0 Å². The van der Waals surface area contributed by atoms with Gasteiger partial charge in [0.1, 0.15) is 5.92 Å². The van der Waals surface area contributed by atoms with Crippen LogP contribution in [0.4, 0.5) is 0 Å². The van der Waals surface area contributed by atoms with Gasteiger partial charge in [-0.25, -0.2) is 0 Å². The maximum atomic E-state index is 12.5. The van der Waals surface area contributed by atoms with Crippen LogP contribution in [0.15, 0.2) is 5.16 Å². The summed E-state index contributed by atoms with van der Waals surface area (Å²) in [6, 6.07) is 0. The third-order valence-electron chi connectivity index (χ3n) is 3.92. The Balaban J connectivity index is 2.61. The number of likely N-dealkylation sites (tertiary alicyclic amines) is 1. The van der Waals surface area contributed by atoms with Crippen LogP contribution < -0.4 is 5.73 Å². The fourth-order valence-electron chi connectivity index (χ4n) is 2.86. The van der Waals surface area contributed by atoms with Gasteiger partial charge in [-0.05, 0) is 38.8 Å². The van der Waals surface area contributed by atoms with E-state index in [0.29, 0.717) is 5.92 Å². The fourth-order valence-corrected chi connectivity index (χ4v) is 2.86. The molecule has 1 rings (SSSR count). The molecule has 6 nitrogen and oxygen atoms in total. The molecule has 0 aromatic carbocycles. The summed E-state index contributed by atoms with van der Waals surface area (Å²) in [4.78, 5) is 16.6. The van der Waals surface area contributed by atoms with Crippen molar-refractivity contribution in [2.75, 3.05) is 33.7 Å². The van der Waals surface area contributed by atoms with Crippen LogP contribution in [0.5, 0.6) is 0 Å². The van der Waals surface area contributed by atoms with E-state index in [1.807, 2.05) is 18.7 Å². The first-order valence-corrected chi connectivity index (χ1v) is 7.27. The average molecular weight is 284 g/mol. The normalized spacial score (nSPS) is 19.7. The molecule has 0 aromatic rings. The highest BCUT2D eigenvalue weighted by atomic mass is 16.4. The number of piperidine rings is 1. The molecule has 6 heteroatoms. The Morgan fingerprint density at radius 3 is 2.35 bits per heavy atom. The lowest BCUT2D eigenvalue weighted by Gasteiger charge is -2.35. The van der Waals surface area contributed by atoms with Crippen LogP contribution in [0.25, 0.3) is 0 Å². The molecule has 0 radical (unpaired) electrons. The molecule has 0 bridgehead atoms. The Hall–Kier alpha value is -1.30. The molecule has 0 spiro atoms. The molecule has 116 valence electrons. The second-order valence-corrected chi connectivity index (χ2v) is 6.28.